The molecule has 0 saturated carbocycles. The molecule has 0 spiro atoms. The molecule has 0 aliphatic carbocycles. The van der Waals surface area contributed by atoms with Crippen LogP contribution in [0.2, 0.25) is 15.1 Å². The highest BCUT2D eigenvalue weighted by molar-refractivity contribution is 6.40. The van der Waals surface area contributed by atoms with E-state index in [4.69, 9.17) is 39.6 Å². The van der Waals surface area contributed by atoms with E-state index in [1.807, 2.05) is 0 Å². The average Bonchev–Trinajstić information content (AvgIpc) is 3.28. The number of anilines is 1. The van der Waals surface area contributed by atoms with E-state index in [-0.39, 0.29) is 28.5 Å². The largest absolute Gasteiger partial charge is 0.480 e. The van der Waals surface area contributed by atoms with Crippen LogP contribution in [0, 0.1) is 0 Å². The predicted octanol–water partition coefficient (Wildman–Crippen LogP) is 5.59. The number of aliphatic carboxylic acids is 1. The number of nitrogens with one attached hydrogen (secondary N) is 2. The molecule has 196 valence electrons. The third kappa shape index (κ3) is 6.10. The fourth-order valence-corrected chi connectivity index (χ4v) is 4.69. The number of halogens is 3. The van der Waals surface area contributed by atoms with Gasteiger partial charge < -0.3 is 20.6 Å². The standard InChI is InChI=1S/C27H22Cl3N3O5/c1-27(14-22(33-38-27)17-5-2-3-6-18(17)28)26(37)32-21(25(35)36)13-15-9-11-16(12-10-15)31-24(34)23-19(29)7-4-8-20(23)30/h2-12,21H,13-14H2,1H3,(H,31,34)(H,32,37)(H,35,36)/t21?,27-/m0/s1. The zero-order valence-electron chi connectivity index (χ0n) is 20.0. The first-order chi connectivity index (χ1) is 18.1. The Balaban J connectivity index is 1.39. The van der Waals surface area contributed by atoms with Crippen molar-refractivity contribution in [1.29, 1.82) is 0 Å². The lowest BCUT2D eigenvalue weighted by Gasteiger charge is -2.23. The van der Waals surface area contributed by atoms with Crippen molar-refractivity contribution >= 4 is 64.0 Å². The molecule has 0 radical (unpaired) electrons. The first-order valence-corrected chi connectivity index (χ1v) is 12.6. The van der Waals surface area contributed by atoms with E-state index >= 15 is 0 Å². The van der Waals surface area contributed by atoms with Gasteiger partial charge in [-0.25, -0.2) is 4.79 Å². The third-order valence-electron chi connectivity index (χ3n) is 5.97. The Labute approximate surface area is 233 Å². The number of carboxylic acid groups (broad SMARTS) is 1. The average molecular weight is 575 g/mol. The zero-order valence-corrected chi connectivity index (χ0v) is 22.3. The Morgan fingerprint density at radius 1 is 0.974 bits per heavy atom. The van der Waals surface area contributed by atoms with Crippen LogP contribution >= 0.6 is 34.8 Å². The van der Waals surface area contributed by atoms with Crippen molar-refractivity contribution < 1.29 is 24.3 Å². The first kappa shape index (κ1) is 27.4. The molecule has 0 aromatic heterocycles. The van der Waals surface area contributed by atoms with E-state index in [2.05, 4.69) is 15.8 Å². The van der Waals surface area contributed by atoms with Crippen molar-refractivity contribution in [3.8, 4) is 0 Å². The van der Waals surface area contributed by atoms with E-state index < -0.39 is 29.4 Å². The van der Waals surface area contributed by atoms with Crippen molar-refractivity contribution in [2.24, 2.45) is 5.16 Å². The molecule has 0 bridgehead atoms. The van der Waals surface area contributed by atoms with Gasteiger partial charge in [0, 0.05) is 29.1 Å². The Morgan fingerprint density at radius 2 is 1.61 bits per heavy atom. The smallest absolute Gasteiger partial charge is 0.326 e. The Kier molecular flexibility index (Phi) is 8.26. The summed E-state index contributed by atoms with van der Waals surface area (Å²) in [6.07, 6.45) is 0.124. The second kappa shape index (κ2) is 11.4. The van der Waals surface area contributed by atoms with E-state index in [9.17, 15) is 19.5 Å². The van der Waals surface area contributed by atoms with Gasteiger partial charge in [-0.1, -0.05) is 76.4 Å². The number of nitrogens with zero attached hydrogens (tertiary/aromatic N) is 1. The number of hydrogen-bond donors (Lipinski definition) is 3. The fourth-order valence-electron chi connectivity index (χ4n) is 3.88. The summed E-state index contributed by atoms with van der Waals surface area (Å²) in [7, 11) is 0. The highest BCUT2D eigenvalue weighted by atomic mass is 35.5. The topological polar surface area (TPSA) is 117 Å². The molecule has 1 heterocycles. The maximum atomic E-state index is 13.0. The van der Waals surface area contributed by atoms with Crippen molar-refractivity contribution in [2.75, 3.05) is 5.32 Å². The highest BCUT2D eigenvalue weighted by Crippen LogP contribution is 2.30. The Bertz CT molecular complexity index is 1410. The third-order valence-corrected chi connectivity index (χ3v) is 6.93. The normalized spacial score (nSPS) is 17.2. The molecule has 2 amide bonds. The summed E-state index contributed by atoms with van der Waals surface area (Å²) in [6.45, 7) is 1.54. The molecule has 0 saturated heterocycles. The van der Waals surface area contributed by atoms with E-state index in [0.717, 1.165) is 0 Å². The molecule has 8 nitrogen and oxygen atoms in total. The van der Waals surface area contributed by atoms with Gasteiger partial charge in [-0.2, -0.15) is 0 Å². The monoisotopic (exact) mass is 573 g/mol. The van der Waals surface area contributed by atoms with Gasteiger partial charge in [0.1, 0.15) is 6.04 Å². The lowest BCUT2D eigenvalue weighted by atomic mass is 9.94. The fraction of sp³-hybridized carbons (Fsp3) is 0.185. The van der Waals surface area contributed by atoms with Gasteiger partial charge in [0.15, 0.2) is 0 Å². The van der Waals surface area contributed by atoms with E-state index in [1.165, 1.54) is 6.92 Å². The summed E-state index contributed by atoms with van der Waals surface area (Å²) in [5.74, 6) is -2.30. The number of carbonyl (C=O) groups is 3. The van der Waals surface area contributed by atoms with Gasteiger partial charge in [-0.15, -0.1) is 0 Å². The summed E-state index contributed by atoms with van der Waals surface area (Å²) in [5.41, 5.74) is 0.980. The lowest BCUT2D eigenvalue weighted by molar-refractivity contribution is -0.148. The molecule has 2 atom stereocenters. The molecule has 1 aliphatic heterocycles. The number of rotatable bonds is 8. The van der Waals surface area contributed by atoms with Crippen molar-refractivity contribution in [1.82, 2.24) is 5.32 Å². The molecule has 3 aromatic carbocycles. The van der Waals surface area contributed by atoms with Gasteiger partial charge in [0.2, 0.25) is 5.60 Å². The van der Waals surface area contributed by atoms with Crippen LogP contribution in [-0.2, 0) is 20.8 Å². The van der Waals surface area contributed by atoms with E-state index in [1.54, 1.807) is 66.7 Å². The summed E-state index contributed by atoms with van der Waals surface area (Å²) in [6, 6.07) is 17.1. The number of amides is 2. The summed E-state index contributed by atoms with van der Waals surface area (Å²) in [4.78, 5) is 43.0. The first-order valence-electron chi connectivity index (χ1n) is 11.5. The number of hydrogen-bond acceptors (Lipinski definition) is 5. The molecule has 11 heteroatoms. The van der Waals surface area contributed by atoms with Crippen LogP contribution in [0.3, 0.4) is 0 Å². The van der Waals surface area contributed by atoms with Crippen molar-refractivity contribution in [3.05, 3.63) is 98.5 Å². The Morgan fingerprint density at radius 3 is 2.24 bits per heavy atom. The van der Waals surface area contributed by atoms with Gasteiger partial charge in [-0.3, -0.25) is 9.59 Å². The summed E-state index contributed by atoms with van der Waals surface area (Å²) >= 11 is 18.4. The molecular formula is C27H22Cl3N3O5. The number of benzene rings is 3. The van der Waals surface area contributed by atoms with Crippen LogP contribution in [0.1, 0.15) is 34.8 Å². The van der Waals surface area contributed by atoms with Crippen LogP contribution < -0.4 is 10.6 Å². The number of oxime groups is 1. The molecule has 1 unspecified atom stereocenters. The van der Waals surface area contributed by atoms with Crippen LogP contribution in [0.15, 0.2) is 71.9 Å². The second-order valence-corrected chi connectivity index (χ2v) is 10.1. The van der Waals surface area contributed by atoms with Crippen molar-refractivity contribution in [3.63, 3.8) is 0 Å². The maximum Gasteiger partial charge on any atom is 0.326 e. The number of carboxylic acids is 1. The van der Waals surface area contributed by atoms with Gasteiger partial charge in [0.05, 0.1) is 21.3 Å². The maximum absolute atomic E-state index is 13.0. The van der Waals surface area contributed by atoms with Gasteiger partial charge in [-0.05, 0) is 42.8 Å². The van der Waals surface area contributed by atoms with Crippen LogP contribution in [0.25, 0.3) is 0 Å². The molecule has 3 N–H and O–H groups in total. The van der Waals surface area contributed by atoms with Crippen LogP contribution in [0.4, 0.5) is 5.69 Å². The molecule has 38 heavy (non-hydrogen) atoms. The van der Waals surface area contributed by atoms with E-state index in [0.29, 0.717) is 27.5 Å². The lowest BCUT2D eigenvalue weighted by Crippen LogP contribution is -2.51. The SMILES string of the molecule is C[C@@]1(C(=O)NC(Cc2ccc(NC(=O)c3c(Cl)cccc3Cl)cc2)C(=O)O)CC(c2ccccc2Cl)=NO1. The predicted molar refractivity (Wildman–Crippen MR) is 146 cm³/mol. The summed E-state index contributed by atoms with van der Waals surface area (Å²) in [5, 5.41) is 19.9. The summed E-state index contributed by atoms with van der Waals surface area (Å²) < 4.78 is 0. The quantitative estimate of drug-likeness (QED) is 0.324. The minimum atomic E-state index is -1.39. The van der Waals surface area contributed by atoms with Crippen molar-refractivity contribution in [2.45, 2.75) is 31.4 Å². The molecule has 0 fully saturated rings. The molecule has 4 rings (SSSR count). The molecule has 1 aliphatic rings. The highest BCUT2D eigenvalue weighted by Gasteiger charge is 2.44. The molecule has 3 aromatic rings. The Hall–Kier alpha value is -3.59. The minimum Gasteiger partial charge on any atom is -0.480 e. The van der Waals surface area contributed by atoms with Crippen LogP contribution in [0.5, 0.6) is 0 Å². The van der Waals surface area contributed by atoms with Gasteiger partial charge >= 0.3 is 5.97 Å². The molecular weight excluding hydrogens is 553 g/mol. The van der Waals surface area contributed by atoms with Gasteiger partial charge in [0.25, 0.3) is 11.8 Å². The van der Waals surface area contributed by atoms with Crippen LogP contribution in [-0.4, -0.2) is 40.2 Å². The number of carbonyl (C=O) groups excluding carboxylic acids is 2. The second-order valence-electron chi connectivity index (χ2n) is 8.83. The zero-order chi connectivity index (χ0) is 27.4. The minimum absolute atomic E-state index is 0.0000506.